The normalized spacial score (nSPS) is 12.2. The third-order valence-corrected chi connectivity index (χ3v) is 2.45. The first-order valence-corrected chi connectivity index (χ1v) is 4.81. The van der Waals surface area contributed by atoms with Crippen LogP contribution in [0.2, 0.25) is 0 Å². The number of halogens is 6. The maximum absolute atomic E-state index is 12.6. The van der Waals surface area contributed by atoms with Crippen molar-refractivity contribution in [3.8, 4) is 0 Å². The van der Waals surface area contributed by atoms with E-state index in [2.05, 4.69) is 20.9 Å². The molecule has 0 aliphatic rings. The maximum Gasteiger partial charge on any atom is 0.418 e. The Balaban J connectivity index is 3.55. The van der Waals surface area contributed by atoms with Gasteiger partial charge in [-0.05, 0) is 15.9 Å². The van der Waals surface area contributed by atoms with E-state index in [0.717, 1.165) is 6.20 Å². The number of rotatable bonds is 2. The first-order valence-electron chi connectivity index (χ1n) is 4.01. The number of aromatic nitrogens is 1. The Morgan fingerprint density at radius 1 is 1.38 bits per heavy atom. The molecular weight excluding hydrogens is 299 g/mol. The Morgan fingerprint density at radius 3 is 2.31 bits per heavy atom. The Bertz CT molecular complexity index is 391. The van der Waals surface area contributed by atoms with E-state index in [1.807, 2.05) is 0 Å². The lowest BCUT2D eigenvalue weighted by Gasteiger charge is -2.16. The van der Waals surface area contributed by atoms with Crippen LogP contribution in [-0.2, 0) is 12.7 Å². The molecule has 0 amide bonds. The molecule has 0 aliphatic heterocycles. The fourth-order valence-corrected chi connectivity index (χ4v) is 1.77. The van der Waals surface area contributed by atoms with Crippen molar-refractivity contribution >= 4 is 15.9 Å². The minimum Gasteiger partial charge on any atom is -0.325 e. The quantitative estimate of drug-likeness (QED) is 0.852. The second kappa shape index (κ2) is 4.62. The summed E-state index contributed by atoms with van der Waals surface area (Å²) in [4.78, 5) is 3.44. The Kier molecular flexibility index (Phi) is 3.84. The van der Waals surface area contributed by atoms with Gasteiger partial charge in [-0.2, -0.15) is 13.2 Å². The zero-order valence-corrected chi connectivity index (χ0v) is 9.24. The van der Waals surface area contributed by atoms with E-state index in [1.165, 1.54) is 0 Å². The topological polar surface area (TPSA) is 38.9 Å². The molecule has 2 N–H and O–H groups in total. The van der Waals surface area contributed by atoms with Gasteiger partial charge in [0.15, 0.2) is 0 Å². The van der Waals surface area contributed by atoms with E-state index >= 15 is 0 Å². The summed E-state index contributed by atoms with van der Waals surface area (Å²) in [5.41, 5.74) is 2.04. The molecule has 16 heavy (non-hydrogen) atoms. The molecular formula is C8H6BrF5N2. The zero-order chi connectivity index (χ0) is 12.5. The highest BCUT2D eigenvalue weighted by atomic mass is 79.9. The first kappa shape index (κ1) is 13.3. The van der Waals surface area contributed by atoms with Crippen molar-refractivity contribution in [2.75, 3.05) is 0 Å². The lowest BCUT2D eigenvalue weighted by molar-refractivity contribution is -0.140. The molecule has 0 saturated heterocycles. The van der Waals surface area contributed by atoms with Crippen molar-refractivity contribution in [2.24, 2.45) is 5.73 Å². The molecule has 2 nitrogen and oxygen atoms in total. The van der Waals surface area contributed by atoms with Crippen LogP contribution in [0.25, 0.3) is 0 Å². The molecule has 8 heteroatoms. The van der Waals surface area contributed by atoms with Gasteiger partial charge < -0.3 is 5.73 Å². The molecule has 0 fully saturated rings. The highest BCUT2D eigenvalue weighted by Crippen LogP contribution is 2.41. The molecule has 0 unspecified atom stereocenters. The summed E-state index contributed by atoms with van der Waals surface area (Å²) < 4.78 is 62.3. The van der Waals surface area contributed by atoms with E-state index in [1.54, 1.807) is 0 Å². The third kappa shape index (κ3) is 2.49. The van der Waals surface area contributed by atoms with Crippen molar-refractivity contribution in [3.63, 3.8) is 0 Å². The van der Waals surface area contributed by atoms with Crippen LogP contribution in [0.15, 0.2) is 10.7 Å². The van der Waals surface area contributed by atoms with Gasteiger partial charge in [-0.15, -0.1) is 0 Å². The predicted octanol–water partition coefficient (Wildman–Crippen LogP) is 3.26. The van der Waals surface area contributed by atoms with Crippen LogP contribution >= 0.6 is 15.9 Å². The monoisotopic (exact) mass is 304 g/mol. The van der Waals surface area contributed by atoms with E-state index in [9.17, 15) is 22.0 Å². The number of hydrogen-bond donors (Lipinski definition) is 1. The van der Waals surface area contributed by atoms with Gasteiger partial charge in [0, 0.05) is 17.2 Å². The lowest BCUT2D eigenvalue weighted by Crippen LogP contribution is -2.16. The summed E-state index contributed by atoms with van der Waals surface area (Å²) >= 11 is 2.56. The van der Waals surface area contributed by atoms with Crippen molar-refractivity contribution in [1.82, 2.24) is 4.98 Å². The maximum atomic E-state index is 12.6. The van der Waals surface area contributed by atoms with Gasteiger partial charge >= 0.3 is 6.18 Å². The second-order valence-electron chi connectivity index (χ2n) is 2.84. The van der Waals surface area contributed by atoms with E-state index in [0.29, 0.717) is 0 Å². The summed E-state index contributed by atoms with van der Waals surface area (Å²) in [7, 11) is 0. The van der Waals surface area contributed by atoms with Crippen LogP contribution in [0.3, 0.4) is 0 Å². The highest BCUT2D eigenvalue weighted by Gasteiger charge is 2.39. The van der Waals surface area contributed by atoms with E-state index in [-0.39, 0.29) is 0 Å². The number of hydrogen-bond acceptors (Lipinski definition) is 2. The minimum atomic E-state index is -4.88. The van der Waals surface area contributed by atoms with Crippen molar-refractivity contribution in [2.45, 2.75) is 19.1 Å². The largest absolute Gasteiger partial charge is 0.418 e. The fourth-order valence-electron chi connectivity index (χ4n) is 1.23. The van der Waals surface area contributed by atoms with E-state index in [4.69, 9.17) is 5.73 Å². The smallest absolute Gasteiger partial charge is 0.325 e. The SMILES string of the molecule is NCc1ncc(Br)c(C(F)(F)F)c1C(F)F. The Hall–Kier alpha value is -0.760. The molecule has 1 rings (SSSR count). The molecule has 90 valence electrons. The molecule has 0 aliphatic carbocycles. The second-order valence-corrected chi connectivity index (χ2v) is 3.70. The number of alkyl halides is 5. The van der Waals surface area contributed by atoms with Crippen LogP contribution in [0.5, 0.6) is 0 Å². The Labute approximate surface area is 95.8 Å². The molecule has 1 aromatic rings. The summed E-state index contributed by atoms with van der Waals surface area (Å²) in [5, 5.41) is 0. The van der Waals surface area contributed by atoms with Crippen LogP contribution in [0.4, 0.5) is 22.0 Å². The molecule has 0 bridgehead atoms. The van der Waals surface area contributed by atoms with Crippen molar-refractivity contribution in [3.05, 3.63) is 27.5 Å². The average Bonchev–Trinajstić information content (AvgIpc) is 2.15. The molecule has 0 radical (unpaired) electrons. The molecule has 0 saturated carbocycles. The van der Waals surface area contributed by atoms with Gasteiger partial charge in [0.2, 0.25) is 0 Å². The molecule has 1 aromatic heterocycles. The van der Waals surface area contributed by atoms with Crippen LogP contribution < -0.4 is 5.73 Å². The lowest BCUT2D eigenvalue weighted by atomic mass is 10.1. The summed E-state index contributed by atoms with van der Waals surface area (Å²) in [6, 6.07) is 0. The zero-order valence-electron chi connectivity index (χ0n) is 7.65. The van der Waals surface area contributed by atoms with Gasteiger partial charge in [0.1, 0.15) is 0 Å². The molecule has 1 heterocycles. The summed E-state index contributed by atoms with van der Waals surface area (Å²) in [6.45, 7) is -0.476. The van der Waals surface area contributed by atoms with Gasteiger partial charge in [0.05, 0.1) is 16.8 Å². The fraction of sp³-hybridized carbons (Fsp3) is 0.375. The van der Waals surface area contributed by atoms with Gasteiger partial charge in [-0.1, -0.05) is 0 Å². The standard InChI is InChI=1S/C8H6BrF5N2/c9-3-2-16-4(1-15)5(7(10)11)6(3)8(12,13)14/h2,7H,1,15H2. The van der Waals surface area contributed by atoms with Gasteiger partial charge in [-0.3, -0.25) is 4.98 Å². The number of pyridine rings is 1. The van der Waals surface area contributed by atoms with Crippen LogP contribution in [0.1, 0.15) is 23.2 Å². The van der Waals surface area contributed by atoms with E-state index < -0.39 is 40.4 Å². The summed E-state index contributed by atoms with van der Waals surface area (Å²) in [6.07, 6.45) is -7.34. The summed E-state index contributed by atoms with van der Waals surface area (Å²) in [5.74, 6) is 0. The Morgan fingerprint density at radius 2 is 1.94 bits per heavy atom. The first-order chi connectivity index (χ1) is 7.29. The number of nitrogens with zero attached hydrogens (tertiary/aromatic N) is 1. The predicted molar refractivity (Wildman–Crippen MR) is 49.8 cm³/mol. The average molecular weight is 305 g/mol. The molecule has 0 spiro atoms. The van der Waals surface area contributed by atoms with Gasteiger partial charge in [0.25, 0.3) is 6.43 Å². The third-order valence-electron chi connectivity index (χ3n) is 1.85. The highest BCUT2D eigenvalue weighted by molar-refractivity contribution is 9.10. The number of nitrogens with two attached hydrogens (primary N) is 1. The van der Waals surface area contributed by atoms with Crippen LogP contribution in [0, 0.1) is 0 Å². The molecule has 0 aromatic carbocycles. The molecule has 0 atom stereocenters. The van der Waals surface area contributed by atoms with Crippen LogP contribution in [-0.4, -0.2) is 4.98 Å². The minimum absolute atomic E-state index is 0.453. The van der Waals surface area contributed by atoms with Gasteiger partial charge in [-0.25, -0.2) is 8.78 Å². The van der Waals surface area contributed by atoms with Crippen molar-refractivity contribution < 1.29 is 22.0 Å². The van der Waals surface area contributed by atoms with Crippen molar-refractivity contribution in [1.29, 1.82) is 0 Å².